The van der Waals surface area contributed by atoms with Gasteiger partial charge in [0, 0.05) is 26.3 Å². The van der Waals surface area contributed by atoms with Gasteiger partial charge in [-0.25, -0.2) is 0 Å². The van der Waals surface area contributed by atoms with Gasteiger partial charge >= 0.3 is 0 Å². The fourth-order valence-electron chi connectivity index (χ4n) is 3.02. The first-order valence-corrected chi connectivity index (χ1v) is 7.21. The molecule has 2 aliphatic rings. The molecule has 0 aliphatic carbocycles. The number of hydrogen-bond donors (Lipinski definition) is 1. The molecule has 0 radical (unpaired) electrons. The van der Waals surface area contributed by atoms with Crippen molar-refractivity contribution in [2.45, 2.75) is 39.2 Å². The summed E-state index contributed by atoms with van der Waals surface area (Å²) in [5.74, 6) is 1.77. The van der Waals surface area contributed by atoms with E-state index in [-0.39, 0.29) is 24.4 Å². The zero-order chi connectivity index (χ0) is 13.1. The Bertz CT molecular complexity index is 293. The minimum absolute atomic E-state index is 0. The molecule has 2 N–H and O–H groups in total. The highest BCUT2D eigenvalue weighted by atomic mass is 35.5. The molecule has 2 fully saturated rings. The molecule has 0 saturated carbocycles. The normalized spacial score (nSPS) is 26.3. The molecule has 2 saturated heterocycles. The maximum atomic E-state index is 12.4. The molecule has 0 aromatic rings. The molecule has 2 aliphatic heterocycles. The first-order valence-electron chi connectivity index (χ1n) is 7.21. The molecule has 1 amide bonds. The van der Waals surface area contributed by atoms with Crippen molar-refractivity contribution in [1.29, 1.82) is 0 Å². The van der Waals surface area contributed by atoms with Gasteiger partial charge < -0.3 is 15.4 Å². The van der Waals surface area contributed by atoms with Gasteiger partial charge in [0.1, 0.15) is 0 Å². The summed E-state index contributed by atoms with van der Waals surface area (Å²) in [6.45, 7) is 7.75. The van der Waals surface area contributed by atoms with E-state index in [2.05, 4.69) is 13.8 Å². The van der Waals surface area contributed by atoms with E-state index in [1.807, 2.05) is 4.90 Å². The van der Waals surface area contributed by atoms with Gasteiger partial charge in [-0.3, -0.25) is 4.79 Å². The second kappa shape index (κ2) is 7.46. The molecule has 0 aromatic carbocycles. The monoisotopic (exact) mass is 290 g/mol. The van der Waals surface area contributed by atoms with E-state index in [4.69, 9.17) is 10.5 Å². The van der Waals surface area contributed by atoms with Gasteiger partial charge in [0.2, 0.25) is 5.91 Å². The molecule has 0 spiro atoms. The number of rotatable bonds is 3. The number of carbonyl (C=O) groups excluding carboxylic acids is 1. The molecule has 5 heteroatoms. The number of amides is 1. The predicted octanol–water partition coefficient (Wildman–Crippen LogP) is 1.67. The van der Waals surface area contributed by atoms with Crippen LogP contribution in [-0.2, 0) is 9.53 Å². The van der Waals surface area contributed by atoms with E-state index in [0.717, 1.165) is 45.6 Å². The summed E-state index contributed by atoms with van der Waals surface area (Å²) in [7, 11) is 0. The molecule has 2 unspecified atom stereocenters. The summed E-state index contributed by atoms with van der Waals surface area (Å²) >= 11 is 0. The number of likely N-dealkylation sites (tertiary alicyclic amines) is 1. The van der Waals surface area contributed by atoms with Crippen molar-refractivity contribution >= 4 is 18.3 Å². The van der Waals surface area contributed by atoms with E-state index in [9.17, 15) is 4.79 Å². The third kappa shape index (κ3) is 4.07. The van der Waals surface area contributed by atoms with Crippen LogP contribution in [-0.4, -0.2) is 43.2 Å². The quantitative estimate of drug-likeness (QED) is 0.860. The zero-order valence-corrected chi connectivity index (χ0v) is 12.8. The number of nitrogens with two attached hydrogens (primary N) is 1. The third-order valence-corrected chi connectivity index (χ3v) is 4.54. The van der Waals surface area contributed by atoms with Crippen LogP contribution in [0, 0.1) is 17.8 Å². The van der Waals surface area contributed by atoms with E-state index < -0.39 is 0 Å². The molecule has 112 valence electrons. The van der Waals surface area contributed by atoms with E-state index in [1.54, 1.807) is 0 Å². The van der Waals surface area contributed by atoms with Crippen molar-refractivity contribution in [3.8, 4) is 0 Å². The molecule has 0 aromatic heterocycles. The van der Waals surface area contributed by atoms with Crippen LogP contribution in [0.1, 0.15) is 33.1 Å². The van der Waals surface area contributed by atoms with Gasteiger partial charge in [0.15, 0.2) is 0 Å². The van der Waals surface area contributed by atoms with Crippen LogP contribution >= 0.6 is 12.4 Å². The third-order valence-electron chi connectivity index (χ3n) is 4.54. The second-order valence-corrected chi connectivity index (χ2v) is 6.05. The summed E-state index contributed by atoms with van der Waals surface area (Å²) in [5.41, 5.74) is 6.15. The number of nitrogens with zero attached hydrogens (tertiary/aromatic N) is 1. The van der Waals surface area contributed by atoms with Gasteiger partial charge in [-0.1, -0.05) is 13.8 Å². The van der Waals surface area contributed by atoms with Crippen LogP contribution in [0.4, 0.5) is 0 Å². The number of ether oxygens (including phenoxy) is 1. The van der Waals surface area contributed by atoms with Crippen molar-refractivity contribution in [1.82, 2.24) is 4.90 Å². The lowest BCUT2D eigenvalue weighted by Crippen LogP contribution is -2.48. The predicted molar refractivity (Wildman–Crippen MR) is 78.3 cm³/mol. The summed E-state index contributed by atoms with van der Waals surface area (Å²) in [6.07, 6.45) is 2.98. The standard InChI is InChI=1S/C14H26N2O2.ClH/c1-10(2)12-3-6-16(9-12)14(17)13(15)11-4-7-18-8-5-11;/h10-13H,3-9,15H2,1-2H3;1H. The minimum atomic E-state index is -0.320. The van der Waals surface area contributed by atoms with Gasteiger partial charge in [0.25, 0.3) is 0 Å². The Morgan fingerprint density at radius 2 is 1.84 bits per heavy atom. The molecular formula is C14H27ClN2O2. The SMILES string of the molecule is CC(C)C1CCN(C(=O)C(N)C2CCOCC2)C1.Cl. The number of halogens is 1. The van der Waals surface area contributed by atoms with Crippen LogP contribution in [0.5, 0.6) is 0 Å². The average molecular weight is 291 g/mol. The van der Waals surface area contributed by atoms with Crippen LogP contribution in [0.15, 0.2) is 0 Å². The van der Waals surface area contributed by atoms with Crippen LogP contribution in [0.2, 0.25) is 0 Å². The van der Waals surface area contributed by atoms with E-state index in [0.29, 0.717) is 17.8 Å². The van der Waals surface area contributed by atoms with Gasteiger partial charge in [-0.2, -0.15) is 0 Å². The maximum Gasteiger partial charge on any atom is 0.239 e. The molecule has 2 atom stereocenters. The first kappa shape index (κ1) is 16.7. The second-order valence-electron chi connectivity index (χ2n) is 6.05. The lowest BCUT2D eigenvalue weighted by Gasteiger charge is -2.30. The topological polar surface area (TPSA) is 55.6 Å². The van der Waals surface area contributed by atoms with Gasteiger partial charge in [0.05, 0.1) is 6.04 Å². The minimum Gasteiger partial charge on any atom is -0.381 e. The summed E-state index contributed by atoms with van der Waals surface area (Å²) < 4.78 is 5.32. The molecule has 4 nitrogen and oxygen atoms in total. The Balaban J connectivity index is 0.00000180. The molecule has 19 heavy (non-hydrogen) atoms. The highest BCUT2D eigenvalue weighted by molar-refractivity contribution is 5.85. The van der Waals surface area contributed by atoms with Crippen LogP contribution < -0.4 is 5.73 Å². The van der Waals surface area contributed by atoms with Crippen molar-refractivity contribution < 1.29 is 9.53 Å². The average Bonchev–Trinajstić information content (AvgIpc) is 2.88. The Kier molecular flexibility index (Phi) is 6.57. The summed E-state index contributed by atoms with van der Waals surface area (Å²) in [6, 6.07) is -0.320. The summed E-state index contributed by atoms with van der Waals surface area (Å²) in [4.78, 5) is 14.3. The van der Waals surface area contributed by atoms with Gasteiger partial charge in [-0.15, -0.1) is 12.4 Å². The van der Waals surface area contributed by atoms with E-state index in [1.165, 1.54) is 0 Å². The number of carbonyl (C=O) groups is 1. The smallest absolute Gasteiger partial charge is 0.239 e. The zero-order valence-electron chi connectivity index (χ0n) is 12.0. The lowest BCUT2D eigenvalue weighted by atomic mass is 9.91. The largest absolute Gasteiger partial charge is 0.381 e. The fourth-order valence-corrected chi connectivity index (χ4v) is 3.02. The van der Waals surface area contributed by atoms with E-state index >= 15 is 0 Å². The summed E-state index contributed by atoms with van der Waals surface area (Å²) in [5, 5.41) is 0. The molecular weight excluding hydrogens is 264 g/mol. The van der Waals surface area contributed by atoms with Crippen molar-refractivity contribution in [3.05, 3.63) is 0 Å². The highest BCUT2D eigenvalue weighted by Crippen LogP contribution is 2.26. The fraction of sp³-hybridized carbons (Fsp3) is 0.929. The Morgan fingerprint density at radius 1 is 1.21 bits per heavy atom. The van der Waals surface area contributed by atoms with Crippen molar-refractivity contribution in [2.75, 3.05) is 26.3 Å². The molecule has 2 heterocycles. The lowest BCUT2D eigenvalue weighted by molar-refractivity contribution is -0.133. The number of hydrogen-bond acceptors (Lipinski definition) is 3. The Labute approximate surface area is 122 Å². The first-order chi connectivity index (χ1) is 8.59. The maximum absolute atomic E-state index is 12.4. The van der Waals surface area contributed by atoms with Crippen molar-refractivity contribution in [3.63, 3.8) is 0 Å². The highest BCUT2D eigenvalue weighted by Gasteiger charge is 2.34. The molecule has 0 bridgehead atoms. The Hall–Kier alpha value is -0.320. The van der Waals surface area contributed by atoms with Gasteiger partial charge in [-0.05, 0) is 37.0 Å². The van der Waals surface area contributed by atoms with Crippen LogP contribution in [0.3, 0.4) is 0 Å². The van der Waals surface area contributed by atoms with Crippen molar-refractivity contribution in [2.24, 2.45) is 23.5 Å². The molecule has 2 rings (SSSR count). The van der Waals surface area contributed by atoms with Crippen LogP contribution in [0.25, 0.3) is 0 Å². The Morgan fingerprint density at radius 3 is 2.37 bits per heavy atom.